The number of aryl methyl sites for hydroxylation is 2. The van der Waals surface area contributed by atoms with Gasteiger partial charge in [-0.3, -0.25) is 14.7 Å². The van der Waals surface area contributed by atoms with Crippen molar-refractivity contribution in [2.24, 2.45) is 10.7 Å². The Labute approximate surface area is 180 Å². The molecular weight excluding hydrogens is 404 g/mol. The maximum absolute atomic E-state index is 12.2. The minimum atomic E-state index is -0.566. The van der Waals surface area contributed by atoms with Crippen molar-refractivity contribution in [3.05, 3.63) is 58.1 Å². The van der Waals surface area contributed by atoms with Crippen LogP contribution in [0.1, 0.15) is 44.0 Å². The van der Waals surface area contributed by atoms with Gasteiger partial charge in [0.1, 0.15) is 11.4 Å². The van der Waals surface area contributed by atoms with Crippen LogP contribution in [0, 0.1) is 6.92 Å². The highest BCUT2D eigenvalue weighted by atomic mass is 35.5. The van der Waals surface area contributed by atoms with E-state index >= 15 is 0 Å². The molecule has 0 radical (unpaired) electrons. The summed E-state index contributed by atoms with van der Waals surface area (Å²) in [6.45, 7) is 7.28. The number of benzene rings is 1. The molecule has 0 saturated heterocycles. The second-order valence-electron chi connectivity index (χ2n) is 7.91. The van der Waals surface area contributed by atoms with Crippen molar-refractivity contribution < 1.29 is 14.3 Å². The number of hydrogen-bond acceptors (Lipinski definition) is 7. The molecule has 0 saturated carbocycles. The van der Waals surface area contributed by atoms with Crippen LogP contribution in [0.2, 0.25) is 5.02 Å². The Morgan fingerprint density at radius 1 is 1.30 bits per heavy atom. The summed E-state index contributed by atoms with van der Waals surface area (Å²) in [6, 6.07) is 7.04. The Hall–Kier alpha value is -3.15. The molecule has 0 bridgehead atoms. The van der Waals surface area contributed by atoms with Crippen molar-refractivity contribution in [1.29, 1.82) is 0 Å². The zero-order valence-corrected chi connectivity index (χ0v) is 18.1. The SMILES string of the molecule is Cc1ncccc1N1C(=C=O)N=C(N)c2c(CCC(=O)OC(C)(C)C)cc(Cl)cc21. The van der Waals surface area contributed by atoms with Gasteiger partial charge >= 0.3 is 5.97 Å². The molecule has 1 aromatic carbocycles. The van der Waals surface area contributed by atoms with Gasteiger partial charge in [0.2, 0.25) is 5.82 Å². The number of rotatable bonds is 4. The third-order valence-corrected chi connectivity index (χ3v) is 4.65. The molecule has 2 N–H and O–H groups in total. The molecule has 1 aliphatic heterocycles. The number of aromatic nitrogens is 1. The number of ether oxygens (including phenoxy) is 1. The van der Waals surface area contributed by atoms with Crippen LogP contribution in [0.15, 0.2) is 41.3 Å². The number of carbonyl (C=O) groups excluding carboxylic acids is 2. The molecule has 0 fully saturated rings. The molecule has 1 aromatic heterocycles. The van der Waals surface area contributed by atoms with Crippen molar-refractivity contribution in [3.63, 3.8) is 0 Å². The lowest BCUT2D eigenvalue weighted by Gasteiger charge is -2.31. The molecule has 2 heterocycles. The first-order chi connectivity index (χ1) is 14.1. The van der Waals surface area contributed by atoms with Crippen molar-refractivity contribution >= 4 is 40.7 Å². The van der Waals surface area contributed by atoms with Gasteiger partial charge in [-0.05, 0) is 63.9 Å². The zero-order chi connectivity index (χ0) is 22.1. The van der Waals surface area contributed by atoms with Crippen molar-refractivity contribution in [2.45, 2.75) is 46.1 Å². The van der Waals surface area contributed by atoms with Crippen LogP contribution in [-0.2, 0) is 20.7 Å². The molecule has 0 atom stereocenters. The molecule has 0 amide bonds. The minimum absolute atomic E-state index is 0.0106. The molecule has 0 aliphatic carbocycles. The van der Waals surface area contributed by atoms with Crippen molar-refractivity contribution in [3.8, 4) is 0 Å². The maximum Gasteiger partial charge on any atom is 0.306 e. The van der Waals surface area contributed by atoms with Gasteiger partial charge in [-0.2, -0.15) is 0 Å². The molecule has 8 heteroatoms. The predicted molar refractivity (Wildman–Crippen MR) is 117 cm³/mol. The number of fused-ring (bicyclic) bond motifs is 1. The van der Waals surface area contributed by atoms with E-state index in [0.717, 1.165) is 5.56 Å². The Bertz CT molecular complexity index is 1080. The Balaban J connectivity index is 2.08. The van der Waals surface area contributed by atoms with E-state index in [-0.39, 0.29) is 24.0 Å². The summed E-state index contributed by atoms with van der Waals surface area (Å²) < 4.78 is 5.39. The molecule has 7 nitrogen and oxygen atoms in total. The van der Waals surface area contributed by atoms with Crippen molar-refractivity contribution in [2.75, 3.05) is 4.90 Å². The van der Waals surface area contributed by atoms with Gasteiger partial charge in [0, 0.05) is 23.2 Å². The summed E-state index contributed by atoms with van der Waals surface area (Å²) in [5, 5.41) is 0.444. The zero-order valence-electron chi connectivity index (χ0n) is 17.3. The maximum atomic E-state index is 12.2. The molecule has 156 valence electrons. The molecule has 2 aromatic rings. The topological polar surface area (TPSA) is 97.9 Å². The molecule has 3 rings (SSSR count). The minimum Gasteiger partial charge on any atom is -0.460 e. The fourth-order valence-corrected chi connectivity index (χ4v) is 3.54. The normalized spacial score (nSPS) is 13.4. The van der Waals surface area contributed by atoms with Crippen LogP contribution in [0.25, 0.3) is 0 Å². The summed E-state index contributed by atoms with van der Waals surface area (Å²) in [7, 11) is 0. The summed E-state index contributed by atoms with van der Waals surface area (Å²) >= 11 is 6.39. The molecule has 0 unspecified atom stereocenters. The largest absolute Gasteiger partial charge is 0.460 e. The predicted octanol–water partition coefficient (Wildman–Crippen LogP) is 3.85. The van der Waals surface area contributed by atoms with Crippen LogP contribution in [0.4, 0.5) is 11.4 Å². The Morgan fingerprint density at radius 2 is 2.03 bits per heavy atom. The standard InChI is InChI=1S/C22H23ClN4O3/c1-13-16(6-5-9-25-13)27-17-11-15(23)10-14(7-8-19(29)30-22(2,3)4)20(17)21(24)26-18(27)12-28/h5-6,9-11H,7-8H2,1-4H3,(H2,24,26). The number of halogens is 1. The van der Waals surface area contributed by atoms with Crippen LogP contribution < -0.4 is 10.6 Å². The molecule has 30 heavy (non-hydrogen) atoms. The lowest BCUT2D eigenvalue weighted by molar-refractivity contribution is -0.154. The van der Waals surface area contributed by atoms with E-state index < -0.39 is 5.60 Å². The van der Waals surface area contributed by atoms with Crippen LogP contribution >= 0.6 is 11.6 Å². The van der Waals surface area contributed by atoms with E-state index in [1.165, 1.54) is 0 Å². The Kier molecular flexibility index (Phi) is 5.97. The summed E-state index contributed by atoms with van der Waals surface area (Å²) in [6.07, 6.45) is 2.17. The number of amidine groups is 1. The summed E-state index contributed by atoms with van der Waals surface area (Å²) in [5.41, 5.74) is 8.93. The van der Waals surface area contributed by atoms with E-state index in [2.05, 4.69) is 9.98 Å². The highest BCUT2D eigenvalue weighted by Crippen LogP contribution is 2.40. The number of pyridine rings is 1. The third kappa shape index (κ3) is 4.53. The van der Waals surface area contributed by atoms with Crippen molar-refractivity contribution in [1.82, 2.24) is 4.98 Å². The van der Waals surface area contributed by atoms with Crippen LogP contribution in [0.5, 0.6) is 0 Å². The fraction of sp³-hybridized carbons (Fsp3) is 0.318. The molecule has 0 spiro atoms. The van der Waals surface area contributed by atoms with E-state index in [4.69, 9.17) is 22.1 Å². The van der Waals surface area contributed by atoms with Gasteiger partial charge < -0.3 is 10.5 Å². The molecular formula is C22H23ClN4O3. The van der Waals surface area contributed by atoms with E-state index in [0.29, 0.717) is 34.1 Å². The van der Waals surface area contributed by atoms with Gasteiger partial charge in [0.15, 0.2) is 5.94 Å². The second-order valence-corrected chi connectivity index (χ2v) is 8.35. The van der Waals surface area contributed by atoms with Gasteiger partial charge in [-0.15, -0.1) is 0 Å². The number of hydrogen-bond donors (Lipinski definition) is 1. The monoisotopic (exact) mass is 426 g/mol. The van der Waals surface area contributed by atoms with Gasteiger partial charge in [0.25, 0.3) is 0 Å². The molecule has 1 aliphatic rings. The first kappa shape index (κ1) is 21.6. The Morgan fingerprint density at radius 3 is 2.67 bits per heavy atom. The summed E-state index contributed by atoms with van der Waals surface area (Å²) in [4.78, 5) is 34.0. The average Bonchev–Trinajstić information content (AvgIpc) is 2.65. The van der Waals surface area contributed by atoms with Crippen LogP contribution in [0.3, 0.4) is 0 Å². The number of nitrogens with zero attached hydrogens (tertiary/aromatic N) is 3. The first-order valence-corrected chi connectivity index (χ1v) is 9.84. The summed E-state index contributed by atoms with van der Waals surface area (Å²) in [5.74, 6) is 1.70. The number of carbonyl (C=O) groups is 1. The number of nitrogens with two attached hydrogens (primary N) is 1. The number of anilines is 2. The number of esters is 1. The van der Waals surface area contributed by atoms with Gasteiger partial charge in [-0.1, -0.05) is 11.6 Å². The van der Waals surface area contributed by atoms with E-state index in [9.17, 15) is 9.59 Å². The van der Waals surface area contributed by atoms with Crippen LogP contribution in [-0.4, -0.2) is 28.3 Å². The lowest BCUT2D eigenvalue weighted by Crippen LogP contribution is -2.30. The van der Waals surface area contributed by atoms with Gasteiger partial charge in [0.05, 0.1) is 17.1 Å². The highest BCUT2D eigenvalue weighted by Gasteiger charge is 2.29. The van der Waals surface area contributed by atoms with E-state index in [1.54, 1.807) is 29.3 Å². The smallest absolute Gasteiger partial charge is 0.306 e. The van der Waals surface area contributed by atoms with Gasteiger partial charge in [-0.25, -0.2) is 9.79 Å². The first-order valence-electron chi connectivity index (χ1n) is 9.46. The lowest BCUT2D eigenvalue weighted by atomic mass is 9.97. The highest BCUT2D eigenvalue weighted by molar-refractivity contribution is 6.31. The fourth-order valence-electron chi connectivity index (χ4n) is 3.30. The average molecular weight is 427 g/mol. The second kappa shape index (κ2) is 8.30. The number of aliphatic imine (C=N–C) groups is 1. The van der Waals surface area contributed by atoms with E-state index in [1.807, 2.05) is 39.7 Å². The third-order valence-electron chi connectivity index (χ3n) is 4.43. The quantitative estimate of drug-likeness (QED) is 0.589.